The number of rotatable bonds is 5. The maximum Gasteiger partial charge on any atom is 0.248 e. The number of hydrogen-bond acceptors (Lipinski definition) is 4. The minimum absolute atomic E-state index is 0.0930. The number of pyridine rings is 1. The molecule has 7 heteroatoms. The molecule has 2 aromatic carbocycles. The summed E-state index contributed by atoms with van der Waals surface area (Å²) in [7, 11) is 0. The Morgan fingerprint density at radius 1 is 0.964 bits per heavy atom. The first-order valence-corrected chi connectivity index (χ1v) is 8.67. The quantitative estimate of drug-likeness (QED) is 0.563. The highest BCUT2D eigenvalue weighted by molar-refractivity contribution is 5.95. The van der Waals surface area contributed by atoms with Crippen molar-refractivity contribution in [2.45, 2.75) is 6.54 Å². The van der Waals surface area contributed by atoms with Crippen LogP contribution < -0.4 is 11.1 Å². The molecule has 0 aliphatic rings. The largest absolute Gasteiger partial charge is 0.366 e. The molecule has 0 radical (unpaired) electrons. The molecule has 0 saturated carbocycles. The van der Waals surface area contributed by atoms with E-state index in [4.69, 9.17) is 5.73 Å². The fourth-order valence-corrected chi connectivity index (χ4v) is 3.02. The molecular formula is C21H17N5O2. The van der Waals surface area contributed by atoms with Crippen LogP contribution in [0.15, 0.2) is 73.1 Å². The van der Waals surface area contributed by atoms with E-state index >= 15 is 0 Å². The Morgan fingerprint density at radius 3 is 2.39 bits per heavy atom. The van der Waals surface area contributed by atoms with E-state index < -0.39 is 5.91 Å². The molecule has 2 aromatic heterocycles. The van der Waals surface area contributed by atoms with Gasteiger partial charge in [-0.15, -0.1) is 0 Å². The number of nitrogens with two attached hydrogens (primary N) is 1. The summed E-state index contributed by atoms with van der Waals surface area (Å²) in [5.74, 6) is -0.0159. The van der Waals surface area contributed by atoms with E-state index in [0.29, 0.717) is 17.1 Å². The zero-order valence-electron chi connectivity index (χ0n) is 14.9. The van der Waals surface area contributed by atoms with Gasteiger partial charge in [-0.2, -0.15) is 0 Å². The summed E-state index contributed by atoms with van der Waals surface area (Å²) in [4.78, 5) is 32.5. The van der Waals surface area contributed by atoms with Crippen LogP contribution in [-0.2, 0) is 11.3 Å². The van der Waals surface area contributed by atoms with Crippen molar-refractivity contribution in [1.29, 1.82) is 0 Å². The summed E-state index contributed by atoms with van der Waals surface area (Å²) >= 11 is 0. The lowest BCUT2D eigenvalue weighted by Crippen LogP contribution is -2.19. The molecule has 0 bridgehead atoms. The molecular weight excluding hydrogens is 354 g/mol. The van der Waals surface area contributed by atoms with E-state index in [0.717, 1.165) is 16.6 Å². The van der Waals surface area contributed by atoms with Crippen molar-refractivity contribution >= 4 is 28.5 Å². The Balaban J connectivity index is 1.63. The van der Waals surface area contributed by atoms with E-state index in [2.05, 4.69) is 15.3 Å². The first-order chi connectivity index (χ1) is 13.6. The van der Waals surface area contributed by atoms with Crippen molar-refractivity contribution in [3.8, 4) is 11.4 Å². The molecule has 2 heterocycles. The highest BCUT2D eigenvalue weighted by atomic mass is 16.2. The van der Waals surface area contributed by atoms with E-state index in [1.165, 1.54) is 0 Å². The molecule has 3 N–H and O–H groups in total. The summed E-state index contributed by atoms with van der Waals surface area (Å²) in [5, 5.41) is 2.84. The Kier molecular flexibility index (Phi) is 4.55. The number of amides is 2. The Morgan fingerprint density at radius 2 is 1.68 bits per heavy atom. The van der Waals surface area contributed by atoms with Gasteiger partial charge in [-0.1, -0.05) is 12.1 Å². The average molecular weight is 371 g/mol. The van der Waals surface area contributed by atoms with Gasteiger partial charge in [-0.25, -0.2) is 4.98 Å². The summed E-state index contributed by atoms with van der Waals surface area (Å²) in [5.41, 5.74) is 8.78. The van der Waals surface area contributed by atoms with Crippen LogP contribution in [0.2, 0.25) is 0 Å². The Labute approximate surface area is 160 Å². The van der Waals surface area contributed by atoms with Crippen molar-refractivity contribution in [3.05, 3.63) is 78.6 Å². The molecule has 0 aliphatic carbocycles. The van der Waals surface area contributed by atoms with Crippen molar-refractivity contribution in [2.75, 3.05) is 5.32 Å². The molecule has 138 valence electrons. The van der Waals surface area contributed by atoms with Gasteiger partial charge in [0.15, 0.2) is 0 Å². The molecule has 7 nitrogen and oxygen atoms in total. The predicted molar refractivity (Wildman–Crippen MR) is 107 cm³/mol. The van der Waals surface area contributed by atoms with Crippen molar-refractivity contribution < 1.29 is 9.59 Å². The average Bonchev–Trinajstić information content (AvgIpc) is 3.07. The van der Waals surface area contributed by atoms with Gasteiger partial charge in [0.25, 0.3) is 0 Å². The molecule has 0 saturated heterocycles. The number of fused-ring (bicyclic) bond motifs is 1. The van der Waals surface area contributed by atoms with Crippen LogP contribution in [0.4, 0.5) is 5.69 Å². The first kappa shape index (κ1) is 17.4. The monoisotopic (exact) mass is 371 g/mol. The Bertz CT molecular complexity index is 1150. The number of benzene rings is 2. The van der Waals surface area contributed by atoms with Gasteiger partial charge in [0.05, 0.1) is 11.0 Å². The van der Waals surface area contributed by atoms with Gasteiger partial charge in [-0.05, 0) is 48.5 Å². The van der Waals surface area contributed by atoms with E-state index in [-0.39, 0.29) is 12.5 Å². The summed E-state index contributed by atoms with van der Waals surface area (Å²) < 4.78 is 1.87. The highest BCUT2D eigenvalue weighted by Crippen LogP contribution is 2.24. The second-order valence-corrected chi connectivity index (χ2v) is 6.24. The molecule has 0 aliphatic heterocycles. The second kappa shape index (κ2) is 7.32. The highest BCUT2D eigenvalue weighted by Gasteiger charge is 2.15. The fraction of sp³-hybridized carbons (Fsp3) is 0.0476. The lowest BCUT2D eigenvalue weighted by molar-refractivity contribution is -0.116. The molecule has 0 spiro atoms. The van der Waals surface area contributed by atoms with Crippen LogP contribution in [-0.4, -0.2) is 26.3 Å². The number of primary amides is 1. The summed E-state index contributed by atoms with van der Waals surface area (Å²) in [6.45, 7) is 0.0930. The maximum atomic E-state index is 12.7. The van der Waals surface area contributed by atoms with Gasteiger partial charge < -0.3 is 15.6 Å². The van der Waals surface area contributed by atoms with E-state index in [1.807, 2.05) is 41.0 Å². The SMILES string of the molecule is NC(=O)c1ccc(NC(=O)Cn2c(-c3ccncc3)nc3ccccc32)cc1. The Hall–Kier alpha value is -4.00. The van der Waals surface area contributed by atoms with Crippen molar-refractivity contribution in [3.63, 3.8) is 0 Å². The number of nitrogens with zero attached hydrogens (tertiary/aromatic N) is 3. The second-order valence-electron chi connectivity index (χ2n) is 6.24. The third-order valence-corrected chi connectivity index (χ3v) is 4.35. The number of para-hydroxylation sites is 2. The van der Waals surface area contributed by atoms with Crippen molar-refractivity contribution in [1.82, 2.24) is 14.5 Å². The normalized spacial score (nSPS) is 10.7. The van der Waals surface area contributed by atoms with Gasteiger partial charge >= 0.3 is 0 Å². The third kappa shape index (κ3) is 3.45. The number of imidazole rings is 1. The lowest BCUT2D eigenvalue weighted by atomic mass is 10.2. The van der Waals surface area contributed by atoms with Crippen LogP contribution in [0, 0.1) is 0 Å². The lowest BCUT2D eigenvalue weighted by Gasteiger charge is -2.10. The van der Waals surface area contributed by atoms with Crippen LogP contribution in [0.3, 0.4) is 0 Å². The summed E-state index contributed by atoms with van der Waals surface area (Å²) in [6, 6.07) is 17.8. The molecule has 0 fully saturated rings. The van der Waals surface area contributed by atoms with Gasteiger partial charge in [-0.3, -0.25) is 14.6 Å². The molecule has 4 rings (SSSR count). The number of aromatic nitrogens is 3. The maximum absolute atomic E-state index is 12.7. The molecule has 4 aromatic rings. The van der Waals surface area contributed by atoms with Crippen molar-refractivity contribution in [2.24, 2.45) is 5.73 Å². The van der Waals surface area contributed by atoms with Gasteiger partial charge in [0, 0.05) is 29.2 Å². The number of nitrogens with one attached hydrogen (secondary N) is 1. The fourth-order valence-electron chi connectivity index (χ4n) is 3.02. The minimum atomic E-state index is -0.509. The third-order valence-electron chi connectivity index (χ3n) is 4.35. The van der Waals surface area contributed by atoms with Crippen LogP contribution in [0.5, 0.6) is 0 Å². The smallest absolute Gasteiger partial charge is 0.248 e. The molecule has 0 unspecified atom stereocenters. The molecule has 28 heavy (non-hydrogen) atoms. The van der Waals surface area contributed by atoms with Gasteiger partial charge in [0.2, 0.25) is 11.8 Å². The minimum Gasteiger partial charge on any atom is -0.366 e. The molecule has 0 atom stereocenters. The van der Waals surface area contributed by atoms with E-state index in [9.17, 15) is 9.59 Å². The number of anilines is 1. The zero-order valence-corrected chi connectivity index (χ0v) is 14.9. The van der Waals surface area contributed by atoms with E-state index in [1.54, 1.807) is 36.7 Å². The van der Waals surface area contributed by atoms with Crippen LogP contribution >= 0.6 is 0 Å². The topological polar surface area (TPSA) is 103 Å². The summed E-state index contributed by atoms with van der Waals surface area (Å²) in [6.07, 6.45) is 3.39. The van der Waals surface area contributed by atoms with Gasteiger partial charge in [0.1, 0.15) is 12.4 Å². The number of hydrogen-bond donors (Lipinski definition) is 2. The van der Waals surface area contributed by atoms with Crippen LogP contribution in [0.1, 0.15) is 10.4 Å². The van der Waals surface area contributed by atoms with Crippen LogP contribution in [0.25, 0.3) is 22.4 Å². The molecule has 2 amide bonds. The standard InChI is InChI=1S/C21H17N5O2/c22-20(28)14-5-7-16(8-6-14)24-19(27)13-26-18-4-2-1-3-17(18)25-21(26)15-9-11-23-12-10-15/h1-12H,13H2,(H2,22,28)(H,24,27). The predicted octanol–water partition coefficient (Wildman–Crippen LogP) is 2.84. The number of carbonyl (C=O) groups excluding carboxylic acids is 2. The zero-order chi connectivity index (χ0) is 19.5. The number of carbonyl (C=O) groups is 2. The first-order valence-electron chi connectivity index (χ1n) is 8.67.